The van der Waals surface area contributed by atoms with Crippen LogP contribution in [-0.2, 0) is 4.74 Å². The molecule has 0 unspecified atom stereocenters. The van der Waals surface area contributed by atoms with Gasteiger partial charge in [0.2, 0.25) is 0 Å². The summed E-state index contributed by atoms with van der Waals surface area (Å²) in [6.07, 6.45) is -4.03. The minimum absolute atomic E-state index is 0.0468. The Morgan fingerprint density at radius 2 is 2.08 bits per heavy atom. The Labute approximate surface area is 74.8 Å². The van der Waals surface area contributed by atoms with Crippen molar-refractivity contribution in [3.63, 3.8) is 0 Å². The van der Waals surface area contributed by atoms with Crippen LogP contribution in [0.25, 0.3) is 0 Å². The van der Waals surface area contributed by atoms with Crippen molar-refractivity contribution in [3.05, 3.63) is 0 Å². The van der Waals surface area contributed by atoms with Crippen molar-refractivity contribution < 1.29 is 17.9 Å². The fourth-order valence-corrected chi connectivity index (χ4v) is 0.647. The first-order chi connectivity index (χ1) is 5.95. The SMILES string of the molecule is CCN=C(N)CCOCC(F)(F)F. The molecule has 0 spiro atoms. The van der Waals surface area contributed by atoms with Crippen LogP contribution in [0.1, 0.15) is 13.3 Å². The van der Waals surface area contributed by atoms with Crippen LogP contribution in [0.3, 0.4) is 0 Å². The van der Waals surface area contributed by atoms with Gasteiger partial charge in [-0.15, -0.1) is 0 Å². The van der Waals surface area contributed by atoms with E-state index in [-0.39, 0.29) is 13.0 Å². The Hall–Kier alpha value is -0.780. The van der Waals surface area contributed by atoms with Gasteiger partial charge in [0.15, 0.2) is 0 Å². The second kappa shape index (κ2) is 5.80. The molecule has 0 fully saturated rings. The van der Waals surface area contributed by atoms with Crippen LogP contribution in [0, 0.1) is 0 Å². The molecule has 2 N–H and O–H groups in total. The maximum Gasteiger partial charge on any atom is 0.411 e. The molecule has 0 amide bonds. The Balaban J connectivity index is 3.41. The second-order valence-electron chi connectivity index (χ2n) is 2.38. The number of hydrogen-bond donors (Lipinski definition) is 1. The monoisotopic (exact) mass is 198 g/mol. The summed E-state index contributed by atoms with van der Waals surface area (Å²) in [6, 6.07) is 0. The van der Waals surface area contributed by atoms with E-state index >= 15 is 0 Å². The molecule has 0 bridgehead atoms. The molecule has 0 aliphatic heterocycles. The van der Waals surface area contributed by atoms with Crippen molar-refractivity contribution in [2.24, 2.45) is 10.7 Å². The molecule has 0 saturated heterocycles. The molecule has 0 radical (unpaired) electrons. The zero-order chi connectivity index (χ0) is 10.3. The summed E-state index contributed by atoms with van der Waals surface area (Å²) in [4.78, 5) is 3.79. The lowest BCUT2D eigenvalue weighted by Crippen LogP contribution is -2.20. The van der Waals surface area contributed by atoms with Gasteiger partial charge in [0, 0.05) is 13.0 Å². The number of nitrogens with two attached hydrogens (primary N) is 1. The van der Waals surface area contributed by atoms with Crippen molar-refractivity contribution >= 4 is 5.84 Å². The Kier molecular flexibility index (Phi) is 5.45. The summed E-state index contributed by atoms with van der Waals surface area (Å²) in [5.41, 5.74) is 5.32. The lowest BCUT2D eigenvalue weighted by molar-refractivity contribution is -0.173. The quantitative estimate of drug-likeness (QED) is 0.411. The maximum absolute atomic E-state index is 11.5. The number of rotatable bonds is 5. The highest BCUT2D eigenvalue weighted by Crippen LogP contribution is 2.14. The molecule has 0 rings (SSSR count). The van der Waals surface area contributed by atoms with Crippen molar-refractivity contribution in [1.82, 2.24) is 0 Å². The summed E-state index contributed by atoms with van der Waals surface area (Å²) in [5, 5.41) is 0. The van der Waals surface area contributed by atoms with Crippen molar-refractivity contribution in [2.75, 3.05) is 19.8 Å². The molecule has 13 heavy (non-hydrogen) atoms. The smallest absolute Gasteiger partial charge is 0.387 e. The van der Waals surface area contributed by atoms with Gasteiger partial charge in [-0.2, -0.15) is 13.2 Å². The van der Waals surface area contributed by atoms with E-state index in [9.17, 15) is 13.2 Å². The number of amidine groups is 1. The number of alkyl halides is 3. The predicted octanol–water partition coefficient (Wildman–Crippen LogP) is 1.33. The number of ether oxygens (including phenoxy) is 1. The molecule has 78 valence electrons. The molecule has 0 aromatic carbocycles. The van der Waals surface area contributed by atoms with Gasteiger partial charge in [-0.3, -0.25) is 4.99 Å². The molecule has 0 aliphatic carbocycles. The third-order valence-corrected chi connectivity index (χ3v) is 1.13. The molecule has 0 heterocycles. The maximum atomic E-state index is 11.5. The van der Waals surface area contributed by atoms with Crippen molar-refractivity contribution in [3.8, 4) is 0 Å². The molecule has 0 aliphatic rings. The van der Waals surface area contributed by atoms with Gasteiger partial charge in [-0.05, 0) is 6.92 Å². The molecule has 0 saturated carbocycles. The van der Waals surface area contributed by atoms with Crippen LogP contribution in [0.2, 0.25) is 0 Å². The summed E-state index contributed by atoms with van der Waals surface area (Å²) in [6.45, 7) is 1.05. The Morgan fingerprint density at radius 1 is 1.46 bits per heavy atom. The first-order valence-corrected chi connectivity index (χ1v) is 3.89. The van der Waals surface area contributed by atoms with Gasteiger partial charge < -0.3 is 10.5 Å². The fourth-order valence-electron chi connectivity index (χ4n) is 0.647. The van der Waals surface area contributed by atoms with E-state index in [1.165, 1.54) is 0 Å². The van der Waals surface area contributed by atoms with E-state index < -0.39 is 12.8 Å². The zero-order valence-corrected chi connectivity index (χ0v) is 7.40. The molecule has 0 atom stereocenters. The van der Waals surface area contributed by atoms with Crippen LogP contribution in [-0.4, -0.2) is 31.8 Å². The average molecular weight is 198 g/mol. The van der Waals surface area contributed by atoms with Crippen LogP contribution in [0.4, 0.5) is 13.2 Å². The van der Waals surface area contributed by atoms with Gasteiger partial charge in [0.25, 0.3) is 0 Å². The highest BCUT2D eigenvalue weighted by Gasteiger charge is 2.27. The lowest BCUT2D eigenvalue weighted by atomic mass is 10.4. The average Bonchev–Trinajstić information content (AvgIpc) is 1.97. The van der Waals surface area contributed by atoms with Crippen molar-refractivity contribution in [2.45, 2.75) is 19.5 Å². The zero-order valence-electron chi connectivity index (χ0n) is 7.40. The van der Waals surface area contributed by atoms with Gasteiger partial charge in [-0.1, -0.05) is 0 Å². The normalized spacial score (nSPS) is 13.4. The number of aliphatic imine (C=N–C) groups is 1. The van der Waals surface area contributed by atoms with Gasteiger partial charge in [0.1, 0.15) is 6.61 Å². The minimum atomic E-state index is -4.27. The Morgan fingerprint density at radius 3 is 2.54 bits per heavy atom. The molecule has 3 nitrogen and oxygen atoms in total. The molecule has 6 heteroatoms. The van der Waals surface area contributed by atoms with Gasteiger partial charge >= 0.3 is 6.18 Å². The predicted molar refractivity (Wildman–Crippen MR) is 43.7 cm³/mol. The van der Waals surface area contributed by atoms with Crippen molar-refractivity contribution in [1.29, 1.82) is 0 Å². The third-order valence-electron chi connectivity index (χ3n) is 1.13. The van der Waals surface area contributed by atoms with E-state index in [1.807, 2.05) is 0 Å². The minimum Gasteiger partial charge on any atom is -0.387 e. The lowest BCUT2D eigenvalue weighted by Gasteiger charge is -2.06. The van der Waals surface area contributed by atoms with Crippen LogP contribution in [0.5, 0.6) is 0 Å². The van der Waals surface area contributed by atoms with E-state index in [0.717, 1.165) is 0 Å². The topological polar surface area (TPSA) is 47.6 Å². The van der Waals surface area contributed by atoms with E-state index in [1.54, 1.807) is 6.92 Å². The fraction of sp³-hybridized carbons (Fsp3) is 0.857. The summed E-state index contributed by atoms with van der Waals surface area (Å²) in [7, 11) is 0. The summed E-state index contributed by atoms with van der Waals surface area (Å²) in [5.74, 6) is 0.324. The molecular formula is C7H13F3N2O. The highest BCUT2D eigenvalue weighted by atomic mass is 19.4. The summed E-state index contributed by atoms with van der Waals surface area (Å²) >= 11 is 0. The third kappa shape index (κ3) is 9.13. The van der Waals surface area contributed by atoms with E-state index in [4.69, 9.17) is 5.73 Å². The molecule has 0 aromatic heterocycles. The van der Waals surface area contributed by atoms with E-state index in [2.05, 4.69) is 9.73 Å². The largest absolute Gasteiger partial charge is 0.411 e. The van der Waals surface area contributed by atoms with Gasteiger partial charge in [0.05, 0.1) is 12.4 Å². The van der Waals surface area contributed by atoms with Crippen LogP contribution >= 0.6 is 0 Å². The highest BCUT2D eigenvalue weighted by molar-refractivity contribution is 5.80. The first kappa shape index (κ1) is 12.2. The Bertz CT molecular complexity index is 168. The van der Waals surface area contributed by atoms with Crippen LogP contribution in [0.15, 0.2) is 4.99 Å². The number of hydrogen-bond acceptors (Lipinski definition) is 2. The first-order valence-electron chi connectivity index (χ1n) is 3.89. The molecule has 0 aromatic rings. The second-order valence-corrected chi connectivity index (χ2v) is 2.38. The van der Waals surface area contributed by atoms with E-state index in [0.29, 0.717) is 12.4 Å². The number of halogens is 3. The summed E-state index contributed by atoms with van der Waals surface area (Å²) < 4.78 is 39.0. The number of nitrogens with zero attached hydrogens (tertiary/aromatic N) is 1. The van der Waals surface area contributed by atoms with Gasteiger partial charge in [-0.25, -0.2) is 0 Å². The standard InChI is InChI=1S/C7H13F3N2O/c1-2-12-6(11)3-4-13-5-7(8,9)10/h2-5H2,1H3,(H2,11,12). The molecular weight excluding hydrogens is 185 g/mol. The van der Waals surface area contributed by atoms with Crippen LogP contribution < -0.4 is 5.73 Å².